The van der Waals surface area contributed by atoms with Gasteiger partial charge in [0.1, 0.15) is 6.10 Å². The fourth-order valence-corrected chi connectivity index (χ4v) is 6.15. The van der Waals surface area contributed by atoms with Crippen LogP contribution in [0.2, 0.25) is 0 Å². The Morgan fingerprint density at radius 1 is 1.06 bits per heavy atom. The quantitative estimate of drug-likeness (QED) is 0.685. The van der Waals surface area contributed by atoms with Crippen LogP contribution < -0.4 is 10.2 Å². The maximum absolute atomic E-state index is 12.1. The van der Waals surface area contributed by atoms with Crippen molar-refractivity contribution in [1.82, 2.24) is 10.2 Å². The van der Waals surface area contributed by atoms with Crippen molar-refractivity contribution in [2.24, 2.45) is 11.8 Å². The molecule has 1 aliphatic heterocycles. The second kappa shape index (κ2) is 9.47. The lowest BCUT2D eigenvalue weighted by Gasteiger charge is -2.37. The molecule has 2 N–H and O–H groups in total. The Hall–Kier alpha value is -1.63. The molecule has 1 amide bonds. The third-order valence-electron chi connectivity index (χ3n) is 7.57. The molecule has 6 heteroatoms. The summed E-state index contributed by atoms with van der Waals surface area (Å²) >= 11 is 1.83. The summed E-state index contributed by atoms with van der Waals surface area (Å²) in [4.78, 5) is 17.3. The van der Waals surface area contributed by atoms with E-state index in [0.717, 1.165) is 57.8 Å². The Kier molecular flexibility index (Phi) is 6.49. The fourth-order valence-electron chi connectivity index (χ4n) is 5.34. The molecule has 3 fully saturated rings. The summed E-state index contributed by atoms with van der Waals surface area (Å²) < 4.78 is 1.38. The highest BCUT2D eigenvalue weighted by Crippen LogP contribution is 2.34. The highest BCUT2D eigenvalue weighted by atomic mass is 32.1. The van der Waals surface area contributed by atoms with Crippen LogP contribution in [-0.2, 0) is 4.79 Å². The minimum absolute atomic E-state index is 0.137. The van der Waals surface area contributed by atoms with Gasteiger partial charge in [0.25, 0.3) is 0 Å². The van der Waals surface area contributed by atoms with Crippen LogP contribution in [0.3, 0.4) is 0 Å². The molecule has 168 valence electrons. The largest absolute Gasteiger partial charge is 0.383 e. The molecule has 3 aliphatic rings. The number of fused-ring (bicyclic) bond motifs is 1. The van der Waals surface area contributed by atoms with Crippen molar-refractivity contribution in [1.29, 1.82) is 0 Å². The van der Waals surface area contributed by atoms with Crippen LogP contribution in [-0.4, -0.2) is 60.8 Å². The SMILES string of the molecule is O=C(NC1CCC(CCN2CCN(c3cccc4sccc34)CC2)CC1)C(O)C1CC1. The Labute approximate surface area is 189 Å². The molecule has 5 nitrogen and oxygen atoms in total. The van der Waals surface area contributed by atoms with Crippen LogP contribution in [0.5, 0.6) is 0 Å². The van der Waals surface area contributed by atoms with Crippen LogP contribution in [0.4, 0.5) is 5.69 Å². The first-order valence-electron chi connectivity index (χ1n) is 12.1. The molecule has 1 unspecified atom stereocenters. The van der Waals surface area contributed by atoms with Crippen LogP contribution in [0.25, 0.3) is 10.1 Å². The lowest BCUT2D eigenvalue weighted by atomic mass is 9.84. The van der Waals surface area contributed by atoms with E-state index in [1.54, 1.807) is 0 Å². The molecular weight excluding hydrogens is 406 g/mol. The van der Waals surface area contributed by atoms with Gasteiger partial charge in [-0.2, -0.15) is 0 Å². The molecule has 1 aromatic heterocycles. The summed E-state index contributed by atoms with van der Waals surface area (Å²) in [5, 5.41) is 16.7. The first kappa shape index (κ1) is 21.2. The molecule has 2 saturated carbocycles. The van der Waals surface area contributed by atoms with Crippen LogP contribution in [0.15, 0.2) is 29.6 Å². The van der Waals surface area contributed by atoms with Gasteiger partial charge in [-0.3, -0.25) is 9.69 Å². The van der Waals surface area contributed by atoms with Crippen molar-refractivity contribution in [3.63, 3.8) is 0 Å². The molecule has 2 aromatic rings. The lowest BCUT2D eigenvalue weighted by Crippen LogP contribution is -2.47. The predicted octanol–water partition coefficient (Wildman–Crippen LogP) is 3.86. The monoisotopic (exact) mass is 441 g/mol. The van der Waals surface area contributed by atoms with Crippen molar-refractivity contribution in [2.75, 3.05) is 37.6 Å². The zero-order valence-electron chi connectivity index (χ0n) is 18.3. The number of amides is 1. The number of rotatable bonds is 7. The maximum Gasteiger partial charge on any atom is 0.249 e. The fraction of sp³-hybridized carbons (Fsp3) is 0.640. The number of piperazine rings is 1. The molecule has 1 atom stereocenters. The van der Waals surface area contributed by atoms with E-state index in [1.165, 1.54) is 41.6 Å². The van der Waals surface area contributed by atoms with E-state index in [9.17, 15) is 9.90 Å². The van der Waals surface area contributed by atoms with Gasteiger partial charge in [0.15, 0.2) is 0 Å². The average Bonchev–Trinajstić information content (AvgIpc) is 3.54. The standard InChI is InChI=1S/C25H35N3O2S/c29-24(19-6-7-19)25(30)26-20-8-4-18(5-9-20)10-12-27-13-15-28(16-14-27)22-2-1-3-23-21(22)11-17-31-23/h1-3,11,17-20,24,29H,4-10,12-16H2,(H,26,30). The molecule has 0 bridgehead atoms. The molecule has 1 aromatic carbocycles. The number of carbonyl (C=O) groups excluding carboxylic acids is 1. The third-order valence-corrected chi connectivity index (χ3v) is 8.45. The average molecular weight is 442 g/mol. The van der Waals surface area contributed by atoms with Gasteiger partial charge in [-0.1, -0.05) is 6.07 Å². The molecule has 1 saturated heterocycles. The van der Waals surface area contributed by atoms with Gasteiger partial charge >= 0.3 is 0 Å². The van der Waals surface area contributed by atoms with Gasteiger partial charge in [-0.25, -0.2) is 0 Å². The Balaban J connectivity index is 1.02. The van der Waals surface area contributed by atoms with Crippen molar-refractivity contribution in [3.05, 3.63) is 29.6 Å². The number of nitrogens with one attached hydrogen (secondary N) is 1. The summed E-state index contributed by atoms with van der Waals surface area (Å²) in [5.74, 6) is 0.857. The molecule has 0 spiro atoms. The smallest absolute Gasteiger partial charge is 0.249 e. The summed E-state index contributed by atoms with van der Waals surface area (Å²) in [5.41, 5.74) is 1.39. The van der Waals surface area contributed by atoms with Crippen LogP contribution in [0, 0.1) is 11.8 Å². The van der Waals surface area contributed by atoms with Gasteiger partial charge in [0.05, 0.1) is 0 Å². The van der Waals surface area contributed by atoms with Gasteiger partial charge in [0.2, 0.25) is 5.91 Å². The molecular formula is C25H35N3O2S. The number of aliphatic hydroxyl groups excluding tert-OH is 1. The van der Waals surface area contributed by atoms with E-state index in [-0.39, 0.29) is 17.9 Å². The Morgan fingerprint density at radius 3 is 2.58 bits per heavy atom. The molecule has 31 heavy (non-hydrogen) atoms. The molecule has 0 radical (unpaired) electrons. The Bertz CT molecular complexity index is 880. The summed E-state index contributed by atoms with van der Waals surface area (Å²) in [7, 11) is 0. The zero-order chi connectivity index (χ0) is 21.2. The number of hydrogen-bond donors (Lipinski definition) is 2. The first-order valence-corrected chi connectivity index (χ1v) is 13.0. The van der Waals surface area contributed by atoms with Crippen LogP contribution in [0.1, 0.15) is 44.9 Å². The number of anilines is 1. The molecule has 2 aliphatic carbocycles. The number of benzene rings is 1. The summed E-state index contributed by atoms with van der Waals surface area (Å²) in [6, 6.07) is 9.19. The van der Waals surface area contributed by atoms with E-state index in [0.29, 0.717) is 0 Å². The second-order valence-electron chi connectivity index (χ2n) is 9.74. The number of hydrogen-bond acceptors (Lipinski definition) is 5. The summed E-state index contributed by atoms with van der Waals surface area (Å²) in [6.45, 7) is 5.70. The predicted molar refractivity (Wildman–Crippen MR) is 128 cm³/mol. The molecule has 5 rings (SSSR count). The molecule has 2 heterocycles. The normalized spacial score (nSPS) is 26.2. The van der Waals surface area contributed by atoms with Crippen molar-refractivity contribution < 1.29 is 9.90 Å². The number of carbonyl (C=O) groups is 1. The minimum Gasteiger partial charge on any atom is -0.383 e. The van der Waals surface area contributed by atoms with Gasteiger partial charge in [0, 0.05) is 48.0 Å². The van der Waals surface area contributed by atoms with Crippen molar-refractivity contribution >= 4 is 33.0 Å². The third kappa shape index (κ3) is 5.07. The van der Waals surface area contributed by atoms with Gasteiger partial charge in [-0.15, -0.1) is 11.3 Å². The minimum atomic E-state index is -0.775. The van der Waals surface area contributed by atoms with E-state index in [2.05, 4.69) is 44.8 Å². The number of nitrogens with zero attached hydrogens (tertiary/aromatic N) is 2. The van der Waals surface area contributed by atoms with Gasteiger partial charge in [-0.05, 0) is 86.9 Å². The van der Waals surface area contributed by atoms with E-state index >= 15 is 0 Å². The number of aliphatic hydroxyl groups is 1. The summed E-state index contributed by atoms with van der Waals surface area (Å²) in [6.07, 6.45) is 7.01. The number of thiophene rings is 1. The zero-order valence-corrected chi connectivity index (χ0v) is 19.2. The van der Waals surface area contributed by atoms with Crippen LogP contribution >= 0.6 is 11.3 Å². The first-order chi connectivity index (χ1) is 15.2. The van der Waals surface area contributed by atoms with Gasteiger partial charge < -0.3 is 15.3 Å². The maximum atomic E-state index is 12.1. The Morgan fingerprint density at radius 2 is 1.84 bits per heavy atom. The second-order valence-corrected chi connectivity index (χ2v) is 10.7. The van der Waals surface area contributed by atoms with Crippen molar-refractivity contribution in [2.45, 2.75) is 57.1 Å². The lowest BCUT2D eigenvalue weighted by molar-refractivity contribution is -0.131. The van der Waals surface area contributed by atoms with Crippen molar-refractivity contribution in [3.8, 4) is 0 Å². The van der Waals surface area contributed by atoms with E-state index in [1.807, 2.05) is 11.3 Å². The topological polar surface area (TPSA) is 55.8 Å². The highest BCUT2D eigenvalue weighted by Gasteiger charge is 2.35. The highest BCUT2D eigenvalue weighted by molar-refractivity contribution is 7.17. The van der Waals surface area contributed by atoms with E-state index < -0.39 is 6.10 Å². The van der Waals surface area contributed by atoms with E-state index in [4.69, 9.17) is 0 Å².